The largest absolute Gasteiger partial charge is 0.382 e. The molecule has 5 heteroatoms. The Bertz CT molecular complexity index is 306. The molecule has 98 valence electrons. The van der Waals surface area contributed by atoms with Crippen LogP contribution in [-0.4, -0.2) is 33.5 Å². The maximum atomic E-state index is 5.61. The van der Waals surface area contributed by atoms with Crippen molar-refractivity contribution in [1.82, 2.24) is 5.32 Å². The summed E-state index contributed by atoms with van der Waals surface area (Å²) in [6, 6.07) is 2.34. The molecule has 0 aromatic carbocycles. The van der Waals surface area contributed by atoms with Crippen molar-refractivity contribution in [3.05, 3.63) is 20.8 Å². The second-order valence-electron chi connectivity index (χ2n) is 3.71. The Balaban J connectivity index is 2.46. The topological polar surface area (TPSA) is 30.5 Å². The van der Waals surface area contributed by atoms with Crippen molar-refractivity contribution in [1.29, 1.82) is 0 Å². The van der Waals surface area contributed by atoms with Crippen LogP contribution in [0.15, 0.2) is 15.9 Å². The normalized spacial score (nSPS) is 12.9. The van der Waals surface area contributed by atoms with Gasteiger partial charge in [-0.1, -0.05) is 6.92 Å². The minimum Gasteiger partial charge on any atom is -0.382 e. The Morgan fingerprint density at radius 3 is 2.88 bits per heavy atom. The van der Waals surface area contributed by atoms with Crippen LogP contribution in [-0.2, 0) is 9.47 Å². The summed E-state index contributed by atoms with van der Waals surface area (Å²) in [6.07, 6.45) is 1.12. The number of nitrogens with one attached hydrogen (secondary N) is 1. The Kier molecular flexibility index (Phi) is 8.05. The lowest BCUT2D eigenvalue weighted by Gasteiger charge is -2.18. The van der Waals surface area contributed by atoms with Gasteiger partial charge in [-0.2, -0.15) is 0 Å². The highest BCUT2D eigenvalue weighted by Gasteiger charge is 2.15. The summed E-state index contributed by atoms with van der Waals surface area (Å²) in [5.74, 6) is 0. The van der Waals surface area contributed by atoms with Crippen molar-refractivity contribution in [3.63, 3.8) is 0 Å². The van der Waals surface area contributed by atoms with Crippen LogP contribution in [0.2, 0.25) is 0 Å². The fourth-order valence-corrected chi connectivity index (χ4v) is 3.15. The van der Waals surface area contributed by atoms with E-state index < -0.39 is 0 Å². The van der Waals surface area contributed by atoms with Gasteiger partial charge in [0.2, 0.25) is 0 Å². The molecule has 0 amide bonds. The minimum atomic E-state index is 0.265. The van der Waals surface area contributed by atoms with E-state index in [9.17, 15) is 0 Å². The third-order valence-corrected chi connectivity index (χ3v) is 4.30. The summed E-state index contributed by atoms with van der Waals surface area (Å²) in [7, 11) is 1.69. The number of hydrogen-bond donors (Lipinski definition) is 1. The number of ether oxygens (including phenoxy) is 2. The molecule has 1 aromatic rings. The highest BCUT2D eigenvalue weighted by atomic mass is 79.9. The highest BCUT2D eigenvalue weighted by Crippen LogP contribution is 2.29. The molecule has 1 heterocycles. The average molecular weight is 322 g/mol. The predicted molar refractivity (Wildman–Crippen MR) is 75.7 cm³/mol. The molecule has 0 saturated carbocycles. The van der Waals surface area contributed by atoms with E-state index in [1.54, 1.807) is 18.4 Å². The van der Waals surface area contributed by atoms with Crippen LogP contribution in [0.1, 0.15) is 24.3 Å². The third-order valence-electron chi connectivity index (χ3n) is 2.32. The first-order valence-electron chi connectivity index (χ1n) is 5.82. The van der Waals surface area contributed by atoms with Crippen LogP contribution in [0.3, 0.4) is 0 Å². The van der Waals surface area contributed by atoms with E-state index in [4.69, 9.17) is 9.47 Å². The van der Waals surface area contributed by atoms with Gasteiger partial charge < -0.3 is 14.8 Å². The summed E-state index contributed by atoms with van der Waals surface area (Å²) in [5, 5.41) is 5.60. The van der Waals surface area contributed by atoms with Gasteiger partial charge in [0.15, 0.2) is 0 Å². The van der Waals surface area contributed by atoms with Gasteiger partial charge in [0.1, 0.15) is 0 Å². The second-order valence-corrected chi connectivity index (χ2v) is 5.51. The average Bonchev–Trinajstić information content (AvgIpc) is 2.75. The summed E-state index contributed by atoms with van der Waals surface area (Å²) in [5.41, 5.74) is 0. The second kappa shape index (κ2) is 9.05. The number of halogens is 1. The minimum absolute atomic E-state index is 0.265. The molecule has 1 unspecified atom stereocenters. The van der Waals surface area contributed by atoms with Crippen LogP contribution < -0.4 is 5.32 Å². The lowest BCUT2D eigenvalue weighted by molar-refractivity contribution is 0.0589. The van der Waals surface area contributed by atoms with E-state index in [1.807, 2.05) is 0 Å². The Morgan fingerprint density at radius 2 is 2.29 bits per heavy atom. The predicted octanol–water partition coefficient (Wildman–Crippen LogP) is 3.21. The van der Waals surface area contributed by atoms with Gasteiger partial charge in [-0.15, -0.1) is 11.3 Å². The summed E-state index contributed by atoms with van der Waals surface area (Å²) in [6.45, 7) is 5.14. The molecule has 0 fully saturated rings. The van der Waals surface area contributed by atoms with Crippen LogP contribution >= 0.6 is 27.3 Å². The van der Waals surface area contributed by atoms with Gasteiger partial charge >= 0.3 is 0 Å². The van der Waals surface area contributed by atoms with Gasteiger partial charge in [0.25, 0.3) is 0 Å². The van der Waals surface area contributed by atoms with E-state index in [-0.39, 0.29) is 6.04 Å². The molecule has 0 aliphatic heterocycles. The zero-order chi connectivity index (χ0) is 12.5. The zero-order valence-corrected chi connectivity index (χ0v) is 12.8. The molecular formula is C12H20BrNO2S. The molecule has 17 heavy (non-hydrogen) atoms. The van der Waals surface area contributed by atoms with Crippen LogP contribution in [0.25, 0.3) is 0 Å². The van der Waals surface area contributed by atoms with E-state index in [2.05, 4.69) is 39.6 Å². The fraction of sp³-hybridized carbons (Fsp3) is 0.667. The van der Waals surface area contributed by atoms with Crippen LogP contribution in [0, 0.1) is 0 Å². The summed E-state index contributed by atoms with van der Waals surface area (Å²) in [4.78, 5) is 1.30. The Labute approximate surface area is 116 Å². The molecule has 1 atom stereocenters. The van der Waals surface area contributed by atoms with E-state index in [0.29, 0.717) is 19.8 Å². The maximum Gasteiger partial charge on any atom is 0.0701 e. The van der Waals surface area contributed by atoms with E-state index >= 15 is 0 Å². The third kappa shape index (κ3) is 5.48. The first-order chi connectivity index (χ1) is 8.29. The van der Waals surface area contributed by atoms with Crippen molar-refractivity contribution in [2.45, 2.75) is 19.4 Å². The van der Waals surface area contributed by atoms with Crippen molar-refractivity contribution in [3.8, 4) is 0 Å². The first-order valence-corrected chi connectivity index (χ1v) is 7.49. The van der Waals surface area contributed by atoms with Crippen molar-refractivity contribution in [2.75, 3.05) is 33.5 Å². The van der Waals surface area contributed by atoms with Crippen molar-refractivity contribution >= 4 is 27.3 Å². The molecule has 1 aromatic heterocycles. The molecule has 0 bridgehead atoms. The van der Waals surface area contributed by atoms with Gasteiger partial charge in [-0.3, -0.25) is 0 Å². The molecule has 0 aliphatic carbocycles. The Hall–Kier alpha value is 0.0600. The summed E-state index contributed by atoms with van der Waals surface area (Å²) >= 11 is 5.32. The van der Waals surface area contributed by atoms with Gasteiger partial charge in [0, 0.05) is 16.5 Å². The quantitative estimate of drug-likeness (QED) is 0.708. The summed E-state index contributed by atoms with van der Waals surface area (Å²) < 4.78 is 11.7. The number of methoxy groups -OCH3 is 1. The maximum absolute atomic E-state index is 5.61. The van der Waals surface area contributed by atoms with E-state index in [1.165, 1.54) is 4.88 Å². The lowest BCUT2D eigenvalue weighted by Crippen LogP contribution is -2.26. The number of thiophene rings is 1. The number of hydrogen-bond acceptors (Lipinski definition) is 4. The van der Waals surface area contributed by atoms with Crippen LogP contribution in [0.5, 0.6) is 0 Å². The SMILES string of the molecule is CCCNC(COCCOC)c1sccc1Br. The molecule has 3 nitrogen and oxygen atoms in total. The highest BCUT2D eigenvalue weighted by molar-refractivity contribution is 9.10. The molecule has 0 saturated heterocycles. The molecule has 0 aliphatic rings. The van der Waals surface area contributed by atoms with E-state index in [0.717, 1.165) is 17.4 Å². The van der Waals surface area contributed by atoms with Crippen molar-refractivity contribution < 1.29 is 9.47 Å². The van der Waals surface area contributed by atoms with Gasteiger partial charge in [0.05, 0.1) is 25.9 Å². The zero-order valence-electron chi connectivity index (χ0n) is 10.4. The molecule has 0 spiro atoms. The molecular weight excluding hydrogens is 302 g/mol. The monoisotopic (exact) mass is 321 g/mol. The van der Waals surface area contributed by atoms with Gasteiger partial charge in [-0.05, 0) is 40.3 Å². The molecule has 1 rings (SSSR count). The molecule has 0 radical (unpaired) electrons. The fourth-order valence-electron chi connectivity index (χ4n) is 1.44. The lowest BCUT2D eigenvalue weighted by atomic mass is 10.2. The number of rotatable bonds is 9. The standard InChI is InChI=1S/C12H20BrNO2S/c1-3-5-14-11(9-16-7-6-15-2)12-10(13)4-8-17-12/h4,8,11,14H,3,5-7,9H2,1-2H3. The first kappa shape index (κ1) is 15.1. The smallest absolute Gasteiger partial charge is 0.0701 e. The van der Waals surface area contributed by atoms with Gasteiger partial charge in [-0.25, -0.2) is 0 Å². The molecule has 1 N–H and O–H groups in total. The Morgan fingerprint density at radius 1 is 1.47 bits per heavy atom. The van der Waals surface area contributed by atoms with Crippen molar-refractivity contribution in [2.24, 2.45) is 0 Å². The van der Waals surface area contributed by atoms with Crippen LogP contribution in [0.4, 0.5) is 0 Å².